The van der Waals surface area contributed by atoms with E-state index in [-0.39, 0.29) is 0 Å². The predicted octanol–water partition coefficient (Wildman–Crippen LogP) is 12.0. The molecule has 0 unspecified atom stereocenters. The highest BCUT2D eigenvalue weighted by atomic mass is 15.0. The van der Waals surface area contributed by atoms with E-state index in [1.165, 1.54) is 5.56 Å². The van der Waals surface area contributed by atoms with Gasteiger partial charge in [-0.15, -0.1) is 0 Å². The van der Waals surface area contributed by atoms with E-state index in [9.17, 15) is 0 Å². The molecule has 262 valence electrons. The second kappa shape index (κ2) is 14.3. The van der Waals surface area contributed by atoms with Crippen LogP contribution in [0.5, 0.6) is 0 Å². The SMILES string of the molecule is c1ccc(-c2nc(-c3ccccc3)nc(-c3ccc(-c4c5ccccc5c(-c5cc(-c6cccnc6)nc(-c6cccnc6)c5)c5ccccc45)cc3)n2)cc1. The Kier molecular flexibility index (Phi) is 8.39. The molecule has 0 saturated heterocycles. The molecule has 0 aliphatic rings. The molecule has 0 saturated carbocycles. The summed E-state index contributed by atoms with van der Waals surface area (Å²) in [6.07, 6.45) is 7.31. The van der Waals surface area contributed by atoms with Crippen molar-refractivity contribution >= 4 is 21.5 Å². The zero-order valence-electron chi connectivity index (χ0n) is 30.2. The summed E-state index contributed by atoms with van der Waals surface area (Å²) in [6, 6.07) is 58.5. The third-order valence-corrected chi connectivity index (χ3v) is 10.1. The van der Waals surface area contributed by atoms with E-state index >= 15 is 0 Å². The monoisotopic (exact) mass is 716 g/mol. The zero-order chi connectivity index (χ0) is 37.3. The Balaban J connectivity index is 1.14. The Labute approximate surface area is 324 Å². The van der Waals surface area contributed by atoms with E-state index in [1.54, 1.807) is 12.4 Å². The first-order valence-electron chi connectivity index (χ1n) is 18.5. The van der Waals surface area contributed by atoms with Crippen LogP contribution in [-0.4, -0.2) is 29.9 Å². The highest BCUT2D eigenvalue weighted by Crippen LogP contribution is 2.45. The summed E-state index contributed by atoms with van der Waals surface area (Å²) in [4.78, 5) is 28.7. The first kappa shape index (κ1) is 32.9. The molecule has 0 spiro atoms. The lowest BCUT2D eigenvalue weighted by Crippen LogP contribution is -2.00. The Morgan fingerprint density at radius 2 is 0.625 bits per heavy atom. The number of aromatic nitrogens is 6. The molecule has 0 atom stereocenters. The zero-order valence-corrected chi connectivity index (χ0v) is 30.2. The van der Waals surface area contributed by atoms with Crippen LogP contribution in [-0.2, 0) is 0 Å². The summed E-state index contributed by atoms with van der Waals surface area (Å²) < 4.78 is 0. The van der Waals surface area contributed by atoms with Gasteiger partial charge in [0.1, 0.15) is 0 Å². The standard InChI is InChI=1S/C50H32N6/c1-3-13-34(14-4-1)48-54-49(35-15-5-2-6-16-35)56-50(55-48)36-25-23-33(24-26-36)46-40-19-7-9-21-42(40)47(43-22-10-8-20-41(43)46)39-29-44(37-17-11-27-51-31-37)53-45(30-39)38-18-12-28-52-32-38/h1-32H. The molecule has 4 heterocycles. The minimum atomic E-state index is 0.626. The third kappa shape index (κ3) is 6.15. The first-order chi connectivity index (χ1) is 27.8. The van der Waals surface area contributed by atoms with Gasteiger partial charge in [-0.2, -0.15) is 0 Å². The van der Waals surface area contributed by atoms with Gasteiger partial charge < -0.3 is 0 Å². The second-order valence-corrected chi connectivity index (χ2v) is 13.6. The fourth-order valence-electron chi connectivity index (χ4n) is 7.47. The second-order valence-electron chi connectivity index (χ2n) is 13.6. The molecule has 10 aromatic rings. The maximum atomic E-state index is 5.11. The molecule has 4 aromatic heterocycles. The molecule has 0 N–H and O–H groups in total. The van der Waals surface area contributed by atoms with Crippen molar-refractivity contribution in [3.05, 3.63) is 195 Å². The molecule has 0 aliphatic carbocycles. The van der Waals surface area contributed by atoms with Gasteiger partial charge in [-0.05, 0) is 80.2 Å². The maximum Gasteiger partial charge on any atom is 0.164 e. The van der Waals surface area contributed by atoms with Crippen molar-refractivity contribution in [3.8, 4) is 78.9 Å². The summed E-state index contributed by atoms with van der Waals surface area (Å²) in [5, 5.41) is 4.63. The van der Waals surface area contributed by atoms with Gasteiger partial charge in [0.25, 0.3) is 0 Å². The van der Waals surface area contributed by atoms with Gasteiger partial charge in [0.2, 0.25) is 0 Å². The van der Waals surface area contributed by atoms with E-state index in [1.807, 2.05) is 85.2 Å². The van der Waals surface area contributed by atoms with Gasteiger partial charge in [-0.1, -0.05) is 133 Å². The fraction of sp³-hybridized carbons (Fsp3) is 0. The van der Waals surface area contributed by atoms with Gasteiger partial charge in [-0.3, -0.25) is 9.97 Å². The molecule has 56 heavy (non-hydrogen) atoms. The molecule has 6 nitrogen and oxygen atoms in total. The van der Waals surface area contributed by atoms with Gasteiger partial charge in [-0.25, -0.2) is 19.9 Å². The van der Waals surface area contributed by atoms with Crippen molar-refractivity contribution in [1.29, 1.82) is 0 Å². The van der Waals surface area contributed by atoms with Crippen molar-refractivity contribution < 1.29 is 0 Å². The lowest BCUT2D eigenvalue weighted by Gasteiger charge is -2.19. The number of nitrogens with zero attached hydrogens (tertiary/aromatic N) is 6. The molecule has 0 amide bonds. The van der Waals surface area contributed by atoms with E-state index in [0.717, 1.165) is 77.4 Å². The van der Waals surface area contributed by atoms with Crippen molar-refractivity contribution in [1.82, 2.24) is 29.9 Å². The van der Waals surface area contributed by atoms with Crippen LogP contribution in [0.25, 0.3) is 100 Å². The molecule has 10 rings (SSSR count). The van der Waals surface area contributed by atoms with E-state index in [4.69, 9.17) is 19.9 Å². The topological polar surface area (TPSA) is 77.3 Å². The molecule has 6 heteroatoms. The van der Waals surface area contributed by atoms with Crippen LogP contribution in [0.2, 0.25) is 0 Å². The molecule has 0 aliphatic heterocycles. The largest absolute Gasteiger partial charge is 0.264 e. The molecule has 0 fully saturated rings. The van der Waals surface area contributed by atoms with Gasteiger partial charge in [0.05, 0.1) is 11.4 Å². The van der Waals surface area contributed by atoms with E-state index < -0.39 is 0 Å². The average molecular weight is 717 g/mol. The van der Waals surface area contributed by atoms with Crippen LogP contribution in [0.1, 0.15) is 0 Å². The van der Waals surface area contributed by atoms with Gasteiger partial charge in [0.15, 0.2) is 17.5 Å². The van der Waals surface area contributed by atoms with Crippen LogP contribution in [0, 0.1) is 0 Å². The highest BCUT2D eigenvalue weighted by molar-refractivity contribution is 6.21. The smallest absolute Gasteiger partial charge is 0.164 e. The van der Waals surface area contributed by atoms with Gasteiger partial charge in [0, 0.05) is 52.6 Å². The number of pyridine rings is 3. The summed E-state index contributed by atoms with van der Waals surface area (Å²) >= 11 is 0. The Bertz CT molecular complexity index is 2820. The molecular weight excluding hydrogens is 685 g/mol. The highest BCUT2D eigenvalue weighted by Gasteiger charge is 2.19. The van der Waals surface area contributed by atoms with Crippen molar-refractivity contribution in [2.24, 2.45) is 0 Å². The number of hydrogen-bond donors (Lipinski definition) is 0. The number of fused-ring (bicyclic) bond motifs is 2. The van der Waals surface area contributed by atoms with Crippen LogP contribution >= 0.6 is 0 Å². The Morgan fingerprint density at radius 3 is 1.04 bits per heavy atom. The Morgan fingerprint density at radius 1 is 0.268 bits per heavy atom. The third-order valence-electron chi connectivity index (χ3n) is 10.1. The molecular formula is C50H32N6. The lowest BCUT2D eigenvalue weighted by atomic mass is 9.85. The summed E-state index contributed by atoms with van der Waals surface area (Å²) in [6.45, 7) is 0. The van der Waals surface area contributed by atoms with Crippen LogP contribution < -0.4 is 0 Å². The molecule has 6 aromatic carbocycles. The van der Waals surface area contributed by atoms with Gasteiger partial charge >= 0.3 is 0 Å². The van der Waals surface area contributed by atoms with E-state index in [2.05, 4.69) is 107 Å². The van der Waals surface area contributed by atoms with Crippen molar-refractivity contribution in [2.45, 2.75) is 0 Å². The number of hydrogen-bond acceptors (Lipinski definition) is 6. The molecule has 0 radical (unpaired) electrons. The number of rotatable bonds is 7. The van der Waals surface area contributed by atoms with Crippen molar-refractivity contribution in [2.75, 3.05) is 0 Å². The minimum Gasteiger partial charge on any atom is -0.264 e. The quantitative estimate of drug-likeness (QED) is 0.153. The molecule has 0 bridgehead atoms. The van der Waals surface area contributed by atoms with Crippen LogP contribution in [0.3, 0.4) is 0 Å². The van der Waals surface area contributed by atoms with Crippen LogP contribution in [0.4, 0.5) is 0 Å². The summed E-state index contributed by atoms with van der Waals surface area (Å²) in [5.74, 6) is 1.90. The minimum absolute atomic E-state index is 0.626. The van der Waals surface area contributed by atoms with E-state index in [0.29, 0.717) is 17.5 Å². The normalized spacial score (nSPS) is 11.2. The first-order valence-corrected chi connectivity index (χ1v) is 18.5. The summed E-state index contributed by atoms with van der Waals surface area (Å²) in [5.41, 5.74) is 10.9. The maximum absolute atomic E-state index is 5.11. The predicted molar refractivity (Wildman–Crippen MR) is 226 cm³/mol. The summed E-state index contributed by atoms with van der Waals surface area (Å²) in [7, 11) is 0. The number of benzene rings is 6. The fourth-order valence-corrected chi connectivity index (χ4v) is 7.47. The lowest BCUT2D eigenvalue weighted by molar-refractivity contribution is 1.07. The Hall–Kier alpha value is -7.70. The van der Waals surface area contributed by atoms with Crippen LogP contribution in [0.15, 0.2) is 195 Å². The average Bonchev–Trinajstić information content (AvgIpc) is 3.29. The van der Waals surface area contributed by atoms with Crippen molar-refractivity contribution in [3.63, 3.8) is 0 Å².